The number of carbonyl (C=O) groups is 1. The van der Waals surface area contributed by atoms with Crippen molar-refractivity contribution in [2.24, 2.45) is 0 Å². The van der Waals surface area contributed by atoms with E-state index < -0.39 is 15.9 Å². The molecule has 1 amide bonds. The first-order valence-electron chi connectivity index (χ1n) is 10.6. The van der Waals surface area contributed by atoms with Crippen molar-refractivity contribution >= 4 is 49.7 Å². The van der Waals surface area contributed by atoms with Crippen LogP contribution < -0.4 is 10.0 Å². The molecule has 33 heavy (non-hydrogen) atoms. The van der Waals surface area contributed by atoms with Gasteiger partial charge in [0.1, 0.15) is 0 Å². The van der Waals surface area contributed by atoms with Gasteiger partial charge in [-0.3, -0.25) is 9.52 Å². The number of rotatable bonds is 5. The van der Waals surface area contributed by atoms with Crippen LogP contribution in [0.25, 0.3) is 10.8 Å². The molecule has 0 saturated carbocycles. The number of halogens is 1. The molecule has 0 heterocycles. The number of amides is 1. The quantitative estimate of drug-likeness (QED) is 0.373. The minimum atomic E-state index is -3.80. The predicted molar refractivity (Wildman–Crippen MR) is 133 cm³/mol. The van der Waals surface area contributed by atoms with Gasteiger partial charge in [0, 0.05) is 16.8 Å². The van der Waals surface area contributed by atoms with Gasteiger partial charge in [-0.2, -0.15) is 0 Å². The Balaban J connectivity index is 1.44. The summed E-state index contributed by atoms with van der Waals surface area (Å²) in [4.78, 5) is 13.3. The molecule has 0 atom stereocenters. The van der Waals surface area contributed by atoms with E-state index in [0.29, 0.717) is 5.69 Å². The molecule has 166 valence electrons. The lowest BCUT2D eigenvalue weighted by atomic mass is 10.0. The lowest BCUT2D eigenvalue weighted by Crippen LogP contribution is -2.16. The third-order valence-electron chi connectivity index (χ3n) is 5.92. The molecule has 1 aliphatic rings. The van der Waals surface area contributed by atoms with Gasteiger partial charge in [0.25, 0.3) is 15.9 Å². The van der Waals surface area contributed by atoms with E-state index in [4.69, 9.17) is 11.6 Å². The molecule has 7 heteroatoms. The Morgan fingerprint density at radius 2 is 1.64 bits per heavy atom. The van der Waals surface area contributed by atoms with Crippen LogP contribution in [0.2, 0.25) is 5.02 Å². The fraction of sp³-hybridized carbons (Fsp3) is 0.115. The van der Waals surface area contributed by atoms with Crippen molar-refractivity contribution < 1.29 is 13.2 Å². The van der Waals surface area contributed by atoms with Crippen LogP contribution in [0, 0.1) is 6.92 Å². The third-order valence-corrected chi connectivity index (χ3v) is 7.65. The van der Waals surface area contributed by atoms with Gasteiger partial charge >= 0.3 is 0 Å². The van der Waals surface area contributed by atoms with Crippen molar-refractivity contribution in [3.05, 3.63) is 100 Å². The topological polar surface area (TPSA) is 75.3 Å². The van der Waals surface area contributed by atoms with Crippen LogP contribution in [0.4, 0.5) is 11.4 Å². The van der Waals surface area contributed by atoms with Crippen LogP contribution in [0.5, 0.6) is 0 Å². The molecule has 0 bridgehead atoms. The van der Waals surface area contributed by atoms with E-state index in [1.54, 1.807) is 12.1 Å². The van der Waals surface area contributed by atoms with Crippen LogP contribution >= 0.6 is 11.6 Å². The molecule has 0 saturated heterocycles. The van der Waals surface area contributed by atoms with Crippen LogP contribution in [0.1, 0.15) is 27.0 Å². The summed E-state index contributed by atoms with van der Waals surface area (Å²) in [5.41, 5.74) is 4.66. The number of nitrogens with one attached hydrogen (secondary N) is 2. The molecule has 2 N–H and O–H groups in total. The van der Waals surface area contributed by atoms with Gasteiger partial charge in [0.05, 0.1) is 15.5 Å². The van der Waals surface area contributed by atoms with E-state index in [1.807, 2.05) is 31.2 Å². The number of carbonyl (C=O) groups excluding carboxylic acids is 1. The normalized spacial score (nSPS) is 12.7. The van der Waals surface area contributed by atoms with Gasteiger partial charge < -0.3 is 5.32 Å². The first-order valence-corrected chi connectivity index (χ1v) is 12.4. The van der Waals surface area contributed by atoms with E-state index in [-0.39, 0.29) is 21.2 Å². The Labute approximate surface area is 197 Å². The maximum Gasteiger partial charge on any atom is 0.261 e. The zero-order valence-corrected chi connectivity index (χ0v) is 19.4. The average Bonchev–Trinajstić information content (AvgIpc) is 3.22. The number of hydrogen-bond donors (Lipinski definition) is 2. The number of benzene rings is 4. The minimum Gasteiger partial charge on any atom is -0.321 e. The van der Waals surface area contributed by atoms with Gasteiger partial charge in [-0.25, -0.2) is 8.42 Å². The highest BCUT2D eigenvalue weighted by molar-refractivity contribution is 7.92. The summed E-state index contributed by atoms with van der Waals surface area (Å²) >= 11 is 6.30. The van der Waals surface area contributed by atoms with Crippen molar-refractivity contribution in [2.75, 3.05) is 10.0 Å². The Bertz CT molecular complexity index is 1500. The van der Waals surface area contributed by atoms with Crippen molar-refractivity contribution in [3.8, 4) is 0 Å². The molecule has 5 nitrogen and oxygen atoms in total. The standard InChI is InChI=1S/C26H21ClN2O3S/c1-16-5-11-20(12-6-16)33(31,32)29-19-10-13-23(27)22(15-19)26(30)28-24-14-9-18-8-7-17-3-2-4-21(24)25(17)18/h2-6,9-15,29H,7-8H2,1H3,(H,28,30). The molecule has 0 unspecified atom stereocenters. The van der Waals surface area contributed by atoms with E-state index in [2.05, 4.69) is 16.1 Å². The molecule has 0 aliphatic heterocycles. The second kappa shape index (κ2) is 8.21. The Hall–Kier alpha value is -3.35. The van der Waals surface area contributed by atoms with Gasteiger partial charge in [-0.1, -0.05) is 53.6 Å². The van der Waals surface area contributed by atoms with E-state index in [9.17, 15) is 13.2 Å². The van der Waals surface area contributed by atoms with Gasteiger partial charge in [0.15, 0.2) is 0 Å². The maximum atomic E-state index is 13.1. The Kier molecular flexibility index (Phi) is 5.35. The van der Waals surface area contributed by atoms with E-state index >= 15 is 0 Å². The molecule has 4 aromatic rings. The smallest absolute Gasteiger partial charge is 0.261 e. The highest BCUT2D eigenvalue weighted by atomic mass is 35.5. The van der Waals surface area contributed by atoms with Gasteiger partial charge in [0.2, 0.25) is 0 Å². The fourth-order valence-electron chi connectivity index (χ4n) is 4.24. The summed E-state index contributed by atoms with van der Waals surface area (Å²) in [6, 6.07) is 21.1. The highest BCUT2D eigenvalue weighted by Gasteiger charge is 2.19. The molecule has 5 rings (SSSR count). The van der Waals surface area contributed by atoms with Gasteiger partial charge in [-0.05, 0) is 72.7 Å². The first kappa shape index (κ1) is 21.5. The minimum absolute atomic E-state index is 0.141. The lowest BCUT2D eigenvalue weighted by molar-refractivity contribution is 0.102. The molecule has 1 aliphatic carbocycles. The summed E-state index contributed by atoms with van der Waals surface area (Å²) in [5.74, 6) is -0.407. The summed E-state index contributed by atoms with van der Waals surface area (Å²) < 4.78 is 28.0. The SMILES string of the molecule is Cc1ccc(S(=O)(=O)Nc2ccc(Cl)c(C(=O)Nc3ccc4c5c(cccc35)CC4)c2)cc1. The molecule has 4 aromatic carbocycles. The van der Waals surface area contributed by atoms with Crippen molar-refractivity contribution in [2.45, 2.75) is 24.7 Å². The molecule has 0 aromatic heterocycles. The predicted octanol–water partition coefficient (Wildman–Crippen LogP) is 5.95. The van der Waals surface area contributed by atoms with Crippen molar-refractivity contribution in [3.63, 3.8) is 0 Å². The zero-order valence-electron chi connectivity index (χ0n) is 17.9. The van der Waals surface area contributed by atoms with Crippen molar-refractivity contribution in [1.29, 1.82) is 0 Å². The Morgan fingerprint density at radius 3 is 2.39 bits per heavy atom. The van der Waals surface area contributed by atoms with Gasteiger partial charge in [-0.15, -0.1) is 0 Å². The first-order chi connectivity index (χ1) is 15.8. The number of aryl methyl sites for hydroxylation is 3. The second-order valence-corrected chi connectivity index (χ2v) is 10.3. The molecule has 0 radical (unpaired) electrons. The molecule has 0 spiro atoms. The van der Waals surface area contributed by atoms with E-state index in [1.165, 1.54) is 46.8 Å². The zero-order chi connectivity index (χ0) is 23.2. The summed E-state index contributed by atoms with van der Waals surface area (Å²) in [6.45, 7) is 1.88. The number of anilines is 2. The average molecular weight is 477 g/mol. The van der Waals surface area contributed by atoms with Crippen LogP contribution in [0.15, 0.2) is 77.7 Å². The number of sulfonamides is 1. The van der Waals surface area contributed by atoms with Crippen LogP contribution in [-0.2, 0) is 22.9 Å². The summed E-state index contributed by atoms with van der Waals surface area (Å²) in [7, 11) is -3.80. The molecule has 0 fully saturated rings. The van der Waals surface area contributed by atoms with Crippen molar-refractivity contribution in [1.82, 2.24) is 0 Å². The van der Waals surface area contributed by atoms with Crippen LogP contribution in [-0.4, -0.2) is 14.3 Å². The molecular formula is C26H21ClN2O3S. The maximum absolute atomic E-state index is 13.1. The number of hydrogen-bond acceptors (Lipinski definition) is 3. The Morgan fingerprint density at radius 1 is 0.909 bits per heavy atom. The van der Waals surface area contributed by atoms with E-state index in [0.717, 1.165) is 23.8 Å². The highest BCUT2D eigenvalue weighted by Crippen LogP contribution is 2.35. The molecular weight excluding hydrogens is 456 g/mol. The second-order valence-electron chi connectivity index (χ2n) is 8.18. The monoisotopic (exact) mass is 476 g/mol. The van der Waals surface area contributed by atoms with Crippen LogP contribution in [0.3, 0.4) is 0 Å². The lowest BCUT2D eigenvalue weighted by Gasteiger charge is -2.13. The summed E-state index contributed by atoms with van der Waals surface area (Å²) in [5, 5.41) is 5.37. The summed E-state index contributed by atoms with van der Waals surface area (Å²) in [6.07, 6.45) is 2.00. The largest absolute Gasteiger partial charge is 0.321 e. The fourth-order valence-corrected chi connectivity index (χ4v) is 5.49. The third kappa shape index (κ3) is 4.08.